The lowest BCUT2D eigenvalue weighted by atomic mass is 9.48. The van der Waals surface area contributed by atoms with Crippen LogP contribution in [0.3, 0.4) is 0 Å². The van der Waals surface area contributed by atoms with Crippen molar-refractivity contribution < 1.29 is 14.3 Å². The lowest BCUT2D eigenvalue weighted by Gasteiger charge is -2.58. The van der Waals surface area contributed by atoms with Gasteiger partial charge in [-0.3, -0.25) is 9.59 Å². The van der Waals surface area contributed by atoms with Crippen LogP contribution < -0.4 is 5.73 Å². The van der Waals surface area contributed by atoms with Crippen molar-refractivity contribution in [3.05, 3.63) is 0 Å². The summed E-state index contributed by atoms with van der Waals surface area (Å²) in [6, 6.07) is 0. The Morgan fingerprint density at radius 2 is 1.88 bits per heavy atom. The van der Waals surface area contributed by atoms with Crippen molar-refractivity contribution in [1.82, 2.24) is 0 Å². The topological polar surface area (TPSA) is 69.4 Å². The summed E-state index contributed by atoms with van der Waals surface area (Å²) < 4.78 is 5.20. The molecule has 16 heavy (non-hydrogen) atoms. The van der Waals surface area contributed by atoms with E-state index in [1.807, 2.05) is 0 Å². The van der Waals surface area contributed by atoms with Gasteiger partial charge in [0.05, 0.1) is 5.41 Å². The van der Waals surface area contributed by atoms with Gasteiger partial charge in [-0.25, -0.2) is 0 Å². The third kappa shape index (κ3) is 1.16. The molecule has 4 aliphatic rings. The molecular formula is C12H17NO3. The molecule has 0 aromatic rings. The van der Waals surface area contributed by atoms with Crippen LogP contribution in [0.15, 0.2) is 0 Å². The van der Waals surface area contributed by atoms with Crippen LogP contribution in [-0.2, 0) is 14.3 Å². The number of carbonyl (C=O) groups excluding carboxylic acids is 2. The van der Waals surface area contributed by atoms with Crippen molar-refractivity contribution in [1.29, 1.82) is 0 Å². The molecule has 0 aromatic heterocycles. The first kappa shape index (κ1) is 10.1. The van der Waals surface area contributed by atoms with Crippen molar-refractivity contribution >= 4 is 12.4 Å². The van der Waals surface area contributed by atoms with Crippen LogP contribution >= 0.6 is 0 Å². The molecule has 4 saturated carbocycles. The largest absolute Gasteiger partial charge is 0.463 e. The van der Waals surface area contributed by atoms with E-state index in [4.69, 9.17) is 10.5 Å². The fourth-order valence-corrected chi connectivity index (χ4v) is 4.64. The number of primary amides is 1. The number of nitrogens with two attached hydrogens (primary N) is 1. The highest BCUT2D eigenvalue weighted by atomic mass is 16.5. The molecule has 2 N–H and O–H groups in total. The Labute approximate surface area is 94.5 Å². The highest BCUT2D eigenvalue weighted by Crippen LogP contribution is 2.60. The van der Waals surface area contributed by atoms with E-state index in [0.29, 0.717) is 24.2 Å². The van der Waals surface area contributed by atoms with E-state index in [0.717, 1.165) is 25.7 Å². The van der Waals surface area contributed by atoms with Crippen molar-refractivity contribution in [2.45, 2.75) is 38.2 Å². The fraction of sp³-hybridized carbons (Fsp3) is 0.833. The zero-order chi connectivity index (χ0) is 11.3. The maximum absolute atomic E-state index is 11.8. The Bertz CT molecular complexity index is 327. The molecule has 0 aromatic carbocycles. The molecule has 4 heteroatoms. The zero-order valence-electron chi connectivity index (χ0n) is 9.22. The predicted molar refractivity (Wildman–Crippen MR) is 56.1 cm³/mol. The summed E-state index contributed by atoms with van der Waals surface area (Å²) in [5, 5.41) is 0. The van der Waals surface area contributed by atoms with Gasteiger partial charge in [-0.1, -0.05) is 0 Å². The highest BCUT2D eigenvalue weighted by molar-refractivity contribution is 5.82. The van der Waals surface area contributed by atoms with E-state index < -0.39 is 5.41 Å². The van der Waals surface area contributed by atoms with Gasteiger partial charge in [0.25, 0.3) is 6.47 Å². The maximum Gasteiger partial charge on any atom is 0.293 e. The third-order valence-electron chi connectivity index (χ3n) is 4.91. The monoisotopic (exact) mass is 223 g/mol. The first-order valence-electron chi connectivity index (χ1n) is 6.05. The van der Waals surface area contributed by atoms with Crippen LogP contribution in [0.1, 0.15) is 32.1 Å². The van der Waals surface area contributed by atoms with Crippen LogP contribution in [-0.4, -0.2) is 18.5 Å². The summed E-state index contributed by atoms with van der Waals surface area (Å²) in [6.45, 7) is 0.484. The standard InChI is InChI=1S/C12H17NO3/c13-11(15)12-4-7-1-8(5-12)3-9(2-7)10(12)16-6-14/h6-10H,1-5H2,(H2,13,15). The van der Waals surface area contributed by atoms with Crippen LogP contribution in [0.25, 0.3) is 0 Å². The summed E-state index contributed by atoms with van der Waals surface area (Å²) in [5.74, 6) is 1.34. The van der Waals surface area contributed by atoms with Crippen molar-refractivity contribution in [2.24, 2.45) is 28.9 Å². The molecule has 0 spiro atoms. The minimum absolute atomic E-state index is 0.254. The molecule has 4 nitrogen and oxygen atoms in total. The predicted octanol–water partition coefficient (Wildman–Crippen LogP) is 0.840. The van der Waals surface area contributed by atoms with Gasteiger partial charge < -0.3 is 10.5 Å². The van der Waals surface area contributed by atoms with Gasteiger partial charge in [0.15, 0.2) is 0 Å². The van der Waals surface area contributed by atoms with Gasteiger partial charge in [-0.05, 0) is 49.9 Å². The molecule has 4 aliphatic carbocycles. The first-order valence-corrected chi connectivity index (χ1v) is 6.05. The number of carbonyl (C=O) groups is 2. The van der Waals surface area contributed by atoms with Gasteiger partial charge in [0.2, 0.25) is 5.91 Å². The summed E-state index contributed by atoms with van der Waals surface area (Å²) in [7, 11) is 0. The molecule has 3 atom stereocenters. The van der Waals surface area contributed by atoms with Crippen molar-refractivity contribution in [3.63, 3.8) is 0 Å². The van der Waals surface area contributed by atoms with Crippen molar-refractivity contribution in [3.8, 4) is 0 Å². The van der Waals surface area contributed by atoms with Crippen LogP contribution in [0.5, 0.6) is 0 Å². The maximum atomic E-state index is 11.8. The molecule has 88 valence electrons. The van der Waals surface area contributed by atoms with Gasteiger partial charge in [0.1, 0.15) is 6.10 Å². The SMILES string of the molecule is NC(=O)C12CC3CC(CC(C3)C1OC=O)C2. The van der Waals surface area contributed by atoms with Gasteiger partial charge >= 0.3 is 0 Å². The molecule has 0 aliphatic heterocycles. The third-order valence-corrected chi connectivity index (χ3v) is 4.91. The average molecular weight is 223 g/mol. The Balaban J connectivity index is 1.98. The van der Waals surface area contributed by atoms with E-state index in [1.54, 1.807) is 0 Å². The quantitative estimate of drug-likeness (QED) is 0.721. The number of rotatable bonds is 3. The second-order valence-corrected chi connectivity index (χ2v) is 5.78. The fourth-order valence-electron chi connectivity index (χ4n) is 4.64. The molecule has 3 unspecified atom stereocenters. The summed E-state index contributed by atoms with van der Waals surface area (Å²) in [4.78, 5) is 22.4. The zero-order valence-corrected chi connectivity index (χ0v) is 9.22. The molecule has 1 amide bonds. The first-order chi connectivity index (χ1) is 7.65. The number of amides is 1. The molecule has 4 rings (SSSR count). The normalized spacial score (nSPS) is 49.0. The second kappa shape index (κ2) is 3.22. The summed E-state index contributed by atoms with van der Waals surface area (Å²) >= 11 is 0. The number of hydrogen-bond acceptors (Lipinski definition) is 3. The lowest BCUT2D eigenvalue weighted by Crippen LogP contribution is -2.61. The number of ether oxygens (including phenoxy) is 1. The summed E-state index contributed by atoms with van der Waals surface area (Å²) in [6.07, 6.45) is 4.84. The van der Waals surface area contributed by atoms with Crippen LogP contribution in [0.4, 0.5) is 0 Å². The van der Waals surface area contributed by atoms with E-state index in [1.165, 1.54) is 6.42 Å². The van der Waals surface area contributed by atoms with Crippen LogP contribution in [0, 0.1) is 23.2 Å². The molecule has 0 heterocycles. The Kier molecular flexibility index (Phi) is 2.03. The highest BCUT2D eigenvalue weighted by Gasteiger charge is 2.61. The van der Waals surface area contributed by atoms with E-state index in [2.05, 4.69) is 0 Å². The minimum Gasteiger partial charge on any atom is -0.463 e. The van der Waals surface area contributed by atoms with Gasteiger partial charge in [-0.2, -0.15) is 0 Å². The smallest absolute Gasteiger partial charge is 0.293 e. The second-order valence-electron chi connectivity index (χ2n) is 5.78. The number of hydrogen-bond donors (Lipinski definition) is 1. The van der Waals surface area contributed by atoms with Gasteiger partial charge in [0, 0.05) is 0 Å². The van der Waals surface area contributed by atoms with Gasteiger partial charge in [-0.15, -0.1) is 0 Å². The molecule has 0 saturated heterocycles. The Hall–Kier alpha value is -1.06. The Morgan fingerprint density at radius 3 is 2.38 bits per heavy atom. The van der Waals surface area contributed by atoms with E-state index in [9.17, 15) is 9.59 Å². The van der Waals surface area contributed by atoms with Crippen LogP contribution in [0.2, 0.25) is 0 Å². The van der Waals surface area contributed by atoms with E-state index >= 15 is 0 Å². The van der Waals surface area contributed by atoms with Crippen molar-refractivity contribution in [2.75, 3.05) is 0 Å². The molecular weight excluding hydrogens is 206 g/mol. The Morgan fingerprint density at radius 1 is 1.25 bits per heavy atom. The molecule has 4 bridgehead atoms. The lowest BCUT2D eigenvalue weighted by molar-refractivity contribution is -0.187. The minimum atomic E-state index is -0.546. The van der Waals surface area contributed by atoms with E-state index in [-0.39, 0.29) is 12.0 Å². The average Bonchev–Trinajstić information content (AvgIpc) is 2.22. The molecule has 4 fully saturated rings. The molecule has 0 radical (unpaired) electrons. The summed E-state index contributed by atoms with van der Waals surface area (Å²) in [5.41, 5.74) is 5.03.